The molecule has 0 spiro atoms. The molecule has 0 saturated carbocycles. The molecule has 1 atom stereocenters. The molecule has 140 valence electrons. The summed E-state index contributed by atoms with van der Waals surface area (Å²) in [5.74, 6) is -1.98. The third kappa shape index (κ3) is 9.46. The summed E-state index contributed by atoms with van der Waals surface area (Å²) in [5, 5.41) is 9.12. The fourth-order valence-electron chi connectivity index (χ4n) is 1.33. The van der Waals surface area contributed by atoms with Gasteiger partial charge >= 0.3 is 17.9 Å². The van der Waals surface area contributed by atoms with Crippen LogP contribution in [0.1, 0.15) is 60.8 Å². The highest BCUT2D eigenvalue weighted by atomic mass is 16.7. The van der Waals surface area contributed by atoms with Gasteiger partial charge < -0.3 is 14.8 Å². The summed E-state index contributed by atoms with van der Waals surface area (Å²) in [7, 11) is 0. The molecule has 0 radical (unpaired) electrons. The Hall–Kier alpha value is -1.67. The molecule has 0 fully saturated rings. The molecule has 0 aliphatic carbocycles. The van der Waals surface area contributed by atoms with E-state index in [0.717, 1.165) is 0 Å². The Bertz CT molecular complexity index is 437. The molecule has 0 aromatic heterocycles. The Balaban J connectivity index is 4.01. The second-order valence-corrected chi connectivity index (χ2v) is 7.68. The summed E-state index contributed by atoms with van der Waals surface area (Å²) in [5.41, 5.74) is 3.57. The Labute approximate surface area is 143 Å². The maximum atomic E-state index is 11.6. The molecule has 8 nitrogen and oxygen atoms in total. The maximum Gasteiger partial charge on any atom is 0.330 e. The summed E-state index contributed by atoms with van der Waals surface area (Å²) < 4.78 is 0. The van der Waals surface area contributed by atoms with Gasteiger partial charge in [0.25, 0.3) is 0 Å². The fourth-order valence-corrected chi connectivity index (χ4v) is 1.33. The van der Waals surface area contributed by atoms with E-state index >= 15 is 0 Å². The molecule has 1 unspecified atom stereocenters. The third-order valence-electron chi connectivity index (χ3n) is 3.00. The van der Waals surface area contributed by atoms with Gasteiger partial charge in [-0.25, -0.2) is 9.59 Å². The van der Waals surface area contributed by atoms with Crippen molar-refractivity contribution >= 4 is 17.9 Å². The first-order valence-corrected chi connectivity index (χ1v) is 7.99. The lowest BCUT2D eigenvalue weighted by Gasteiger charge is -2.19. The number of hydrogen-bond donors (Lipinski definition) is 3. The van der Waals surface area contributed by atoms with Crippen molar-refractivity contribution in [2.75, 3.05) is 6.54 Å². The molecule has 0 saturated heterocycles. The van der Waals surface area contributed by atoms with Crippen molar-refractivity contribution in [2.45, 2.75) is 66.8 Å². The molecule has 3 N–H and O–H groups in total. The van der Waals surface area contributed by atoms with E-state index in [2.05, 4.69) is 11.0 Å². The van der Waals surface area contributed by atoms with Gasteiger partial charge in [-0.1, -0.05) is 0 Å². The third-order valence-corrected chi connectivity index (χ3v) is 3.00. The zero-order chi connectivity index (χ0) is 19.0. The molecule has 0 heterocycles. The van der Waals surface area contributed by atoms with E-state index in [1.165, 1.54) is 0 Å². The van der Waals surface area contributed by atoms with Crippen LogP contribution in [0.15, 0.2) is 0 Å². The maximum absolute atomic E-state index is 11.6. The summed E-state index contributed by atoms with van der Waals surface area (Å²) in [4.78, 5) is 44.0. The van der Waals surface area contributed by atoms with Gasteiger partial charge in [-0.3, -0.25) is 4.79 Å². The van der Waals surface area contributed by atoms with Crippen LogP contribution in [0.4, 0.5) is 0 Å². The van der Waals surface area contributed by atoms with Crippen LogP contribution in [0.25, 0.3) is 0 Å². The van der Waals surface area contributed by atoms with Gasteiger partial charge in [0.2, 0.25) is 0 Å². The van der Waals surface area contributed by atoms with Gasteiger partial charge in [-0.15, -0.1) is 5.48 Å². The largest absolute Gasteiger partial charge is 0.480 e. The number of nitrogens with one attached hydrogen (secondary N) is 2. The van der Waals surface area contributed by atoms with E-state index in [1.807, 2.05) is 0 Å². The van der Waals surface area contributed by atoms with Gasteiger partial charge in [0, 0.05) is 6.54 Å². The van der Waals surface area contributed by atoms with Crippen LogP contribution in [0.5, 0.6) is 0 Å². The molecule has 0 aromatic carbocycles. The molecule has 0 amide bonds. The predicted octanol–water partition coefficient (Wildman–Crippen LogP) is 1.80. The molecule has 0 rings (SSSR count). The topological polar surface area (TPSA) is 114 Å². The summed E-state index contributed by atoms with van der Waals surface area (Å²) in [6.07, 6.45) is 1.44. The number of carboxylic acids is 1. The number of hydrogen-bond acceptors (Lipinski definition) is 7. The lowest BCUT2D eigenvalue weighted by molar-refractivity contribution is -0.166. The summed E-state index contributed by atoms with van der Waals surface area (Å²) in [6, 6.07) is -0.978. The predicted molar refractivity (Wildman–Crippen MR) is 87.5 cm³/mol. The number of carbonyl (C=O) groups is 3. The van der Waals surface area contributed by atoms with Crippen molar-refractivity contribution in [1.82, 2.24) is 11.0 Å². The summed E-state index contributed by atoms with van der Waals surface area (Å²) in [6.45, 7) is 10.7. The minimum absolute atomic E-state index is 0.279. The van der Waals surface area contributed by atoms with Crippen LogP contribution in [-0.2, 0) is 24.1 Å². The van der Waals surface area contributed by atoms with E-state index in [4.69, 9.17) is 14.8 Å². The highest BCUT2D eigenvalue weighted by Gasteiger charge is 2.26. The average molecular weight is 346 g/mol. The highest BCUT2D eigenvalue weighted by Crippen LogP contribution is 2.15. The molecule has 0 aliphatic rings. The van der Waals surface area contributed by atoms with Crippen LogP contribution in [0.3, 0.4) is 0 Å². The average Bonchev–Trinajstić information content (AvgIpc) is 2.42. The van der Waals surface area contributed by atoms with Gasteiger partial charge in [0.15, 0.2) is 0 Å². The Morgan fingerprint density at radius 3 is 1.88 bits per heavy atom. The molecule has 0 aromatic rings. The smallest absolute Gasteiger partial charge is 0.330 e. The van der Waals surface area contributed by atoms with Gasteiger partial charge in [-0.2, -0.15) is 5.48 Å². The fraction of sp³-hybridized carbons (Fsp3) is 0.812. The zero-order valence-corrected chi connectivity index (χ0v) is 15.4. The van der Waals surface area contributed by atoms with Crippen molar-refractivity contribution in [3.8, 4) is 0 Å². The molecule has 0 bridgehead atoms. The van der Waals surface area contributed by atoms with E-state index in [0.29, 0.717) is 19.4 Å². The van der Waals surface area contributed by atoms with Crippen LogP contribution in [0, 0.1) is 10.8 Å². The first-order chi connectivity index (χ1) is 10.9. The van der Waals surface area contributed by atoms with E-state index in [1.54, 1.807) is 41.5 Å². The Kier molecular flexibility index (Phi) is 8.92. The Morgan fingerprint density at radius 1 is 0.917 bits per heavy atom. The standard InChI is InChI=1S/C16H30N2O6/c1-15(2,3)13(21)23-17-10-8-7-9-11(12(19)20)18-24-14(22)16(4,5)6/h11,17-18H,7-10H2,1-6H3,(H,19,20). The minimum atomic E-state index is -1.09. The molecule has 8 heteroatoms. The van der Waals surface area contributed by atoms with Crippen molar-refractivity contribution < 1.29 is 29.2 Å². The van der Waals surface area contributed by atoms with Crippen LogP contribution >= 0.6 is 0 Å². The zero-order valence-electron chi connectivity index (χ0n) is 15.4. The molecule has 24 heavy (non-hydrogen) atoms. The normalized spacial score (nSPS) is 13.2. The van der Waals surface area contributed by atoms with Crippen molar-refractivity contribution in [3.63, 3.8) is 0 Å². The van der Waals surface area contributed by atoms with Crippen molar-refractivity contribution in [3.05, 3.63) is 0 Å². The van der Waals surface area contributed by atoms with Gasteiger partial charge in [-0.05, 0) is 60.8 Å². The first-order valence-electron chi connectivity index (χ1n) is 7.99. The second-order valence-electron chi connectivity index (χ2n) is 7.68. The number of carboxylic acid groups (broad SMARTS) is 1. The number of rotatable bonds is 9. The van der Waals surface area contributed by atoms with Crippen molar-refractivity contribution in [1.29, 1.82) is 0 Å². The van der Waals surface area contributed by atoms with Crippen molar-refractivity contribution in [2.24, 2.45) is 10.8 Å². The van der Waals surface area contributed by atoms with Crippen LogP contribution in [-0.4, -0.2) is 35.6 Å². The monoisotopic (exact) mass is 346 g/mol. The minimum Gasteiger partial charge on any atom is -0.480 e. The molecular formula is C16H30N2O6. The number of carbonyl (C=O) groups excluding carboxylic acids is 2. The van der Waals surface area contributed by atoms with Gasteiger partial charge in [0.1, 0.15) is 6.04 Å². The molecular weight excluding hydrogens is 316 g/mol. The van der Waals surface area contributed by atoms with Crippen LogP contribution in [0.2, 0.25) is 0 Å². The lowest BCUT2D eigenvalue weighted by atomic mass is 9.98. The van der Waals surface area contributed by atoms with E-state index in [9.17, 15) is 14.4 Å². The second kappa shape index (κ2) is 9.58. The van der Waals surface area contributed by atoms with E-state index in [-0.39, 0.29) is 12.4 Å². The number of aliphatic carboxylic acids is 1. The number of hydroxylamine groups is 2. The van der Waals surface area contributed by atoms with Crippen LogP contribution < -0.4 is 11.0 Å². The molecule has 0 aliphatic heterocycles. The SMILES string of the molecule is CC(C)(C)C(=O)ONCCCCC(NOC(=O)C(C)(C)C)C(=O)O. The first kappa shape index (κ1) is 22.3. The summed E-state index contributed by atoms with van der Waals surface area (Å²) >= 11 is 0. The number of unbranched alkanes of at least 4 members (excludes halogenated alkanes) is 1. The van der Waals surface area contributed by atoms with Gasteiger partial charge in [0.05, 0.1) is 10.8 Å². The van der Waals surface area contributed by atoms with E-state index < -0.39 is 28.8 Å². The lowest BCUT2D eigenvalue weighted by Crippen LogP contribution is -2.40. The Morgan fingerprint density at radius 2 is 1.42 bits per heavy atom. The highest BCUT2D eigenvalue weighted by molar-refractivity contribution is 5.76. The quantitative estimate of drug-likeness (QED) is 0.428.